The highest BCUT2D eigenvalue weighted by Crippen LogP contribution is 2.37. The van der Waals surface area contributed by atoms with Crippen LogP contribution in [0.2, 0.25) is 0 Å². The monoisotopic (exact) mass is 586 g/mol. The largest absolute Gasteiger partial charge is 0.507 e. The number of halogens is 3. The maximum Gasteiger partial charge on any atom is 0.437 e. The first-order valence-corrected chi connectivity index (χ1v) is 13.2. The van der Waals surface area contributed by atoms with Crippen LogP contribution in [0.3, 0.4) is 0 Å². The molecule has 4 aromatic rings. The number of hydrogen-bond acceptors (Lipinski definition) is 9. The van der Waals surface area contributed by atoms with Gasteiger partial charge in [0, 0.05) is 50.6 Å². The third-order valence-corrected chi connectivity index (χ3v) is 7.56. The maximum absolute atomic E-state index is 13.3. The number of aromatic hydroxyl groups is 1. The Hall–Kier alpha value is -4.66. The summed E-state index contributed by atoms with van der Waals surface area (Å²) in [5.74, 6) is -0.876. The van der Waals surface area contributed by atoms with E-state index in [9.17, 15) is 33.0 Å². The fraction of sp³-hybridized carbons (Fsp3) is 0.370. The second-order valence-electron chi connectivity index (χ2n) is 10.2. The number of imidazole rings is 1. The Balaban J connectivity index is 1.15. The lowest BCUT2D eigenvalue weighted by atomic mass is 10.1. The van der Waals surface area contributed by atoms with Gasteiger partial charge < -0.3 is 29.3 Å². The topological polar surface area (TPSA) is 147 Å². The van der Waals surface area contributed by atoms with Crippen LogP contribution in [0.4, 0.5) is 13.2 Å². The summed E-state index contributed by atoms with van der Waals surface area (Å²) in [5, 5.41) is 23.4. The Labute approximate surface area is 235 Å². The van der Waals surface area contributed by atoms with E-state index in [1.54, 1.807) is 9.80 Å². The molecule has 6 rings (SSSR count). The second-order valence-corrected chi connectivity index (χ2v) is 10.2. The molecule has 0 unspecified atom stereocenters. The van der Waals surface area contributed by atoms with Crippen LogP contribution in [0, 0.1) is 5.92 Å². The number of aliphatic hydroxyl groups excluding tert-OH is 1. The van der Waals surface area contributed by atoms with E-state index in [1.165, 1.54) is 41.2 Å². The lowest BCUT2D eigenvalue weighted by Gasteiger charge is -2.36. The summed E-state index contributed by atoms with van der Waals surface area (Å²) < 4.78 is 51.7. The van der Waals surface area contributed by atoms with Gasteiger partial charge in [0.1, 0.15) is 17.8 Å². The molecule has 1 aromatic carbocycles. The van der Waals surface area contributed by atoms with Gasteiger partial charge >= 0.3 is 6.18 Å². The number of rotatable bonds is 5. The molecule has 4 heterocycles. The normalized spacial score (nSPS) is 19.4. The summed E-state index contributed by atoms with van der Waals surface area (Å²) in [6.45, 7) is 1.32. The average molecular weight is 587 g/mol. The van der Waals surface area contributed by atoms with E-state index in [0.29, 0.717) is 45.4 Å². The summed E-state index contributed by atoms with van der Waals surface area (Å²) in [6, 6.07) is 4.08. The molecule has 3 aromatic heterocycles. The van der Waals surface area contributed by atoms with Gasteiger partial charge in [0.05, 0.1) is 29.1 Å². The highest BCUT2D eigenvalue weighted by Gasteiger charge is 2.39. The molecule has 15 heteroatoms. The number of ether oxygens (including phenoxy) is 1. The number of carbonyl (C=O) groups is 2. The summed E-state index contributed by atoms with van der Waals surface area (Å²) in [4.78, 5) is 37.4. The second kappa shape index (κ2) is 10.6. The molecule has 42 heavy (non-hydrogen) atoms. The summed E-state index contributed by atoms with van der Waals surface area (Å²) in [6.07, 6.45) is 1.36. The molecule has 2 N–H and O–H groups in total. The molecule has 0 spiro atoms. The molecule has 1 saturated carbocycles. The number of alkyl halides is 3. The predicted molar refractivity (Wildman–Crippen MR) is 137 cm³/mol. The zero-order chi connectivity index (χ0) is 29.6. The van der Waals surface area contributed by atoms with Gasteiger partial charge in [-0.2, -0.15) is 13.2 Å². The molecule has 0 radical (unpaired) electrons. The highest BCUT2D eigenvalue weighted by molar-refractivity contribution is 5.97. The molecular weight excluding hydrogens is 561 g/mol. The lowest BCUT2D eigenvalue weighted by molar-refractivity contribution is -0.142. The molecule has 220 valence electrons. The van der Waals surface area contributed by atoms with Crippen LogP contribution in [0.5, 0.6) is 17.4 Å². The van der Waals surface area contributed by atoms with Crippen LogP contribution in [0.15, 0.2) is 47.6 Å². The van der Waals surface area contributed by atoms with E-state index in [-0.39, 0.29) is 51.7 Å². The minimum atomic E-state index is -4.74. The number of hydrogen-bond donors (Lipinski definition) is 2. The number of carbonyl (C=O) groups excluding carboxylic acids is 2. The van der Waals surface area contributed by atoms with Crippen LogP contribution in [0.1, 0.15) is 35.3 Å². The van der Waals surface area contributed by atoms with E-state index < -0.39 is 23.9 Å². The smallest absolute Gasteiger partial charge is 0.437 e. The molecule has 1 aliphatic carbocycles. The van der Waals surface area contributed by atoms with E-state index in [0.717, 1.165) is 6.26 Å². The van der Waals surface area contributed by atoms with Crippen molar-refractivity contribution in [2.24, 2.45) is 5.92 Å². The molecule has 2 amide bonds. The van der Waals surface area contributed by atoms with Crippen LogP contribution in [0.25, 0.3) is 16.9 Å². The van der Waals surface area contributed by atoms with Crippen molar-refractivity contribution in [3.8, 4) is 28.6 Å². The number of aliphatic hydroxyl groups is 1. The van der Waals surface area contributed by atoms with Crippen molar-refractivity contribution < 1.29 is 42.2 Å². The number of fused-ring (bicyclic) bond motifs is 1. The highest BCUT2D eigenvalue weighted by atomic mass is 19.4. The molecule has 2 fully saturated rings. The van der Waals surface area contributed by atoms with Gasteiger partial charge in [0.25, 0.3) is 11.8 Å². The summed E-state index contributed by atoms with van der Waals surface area (Å²) >= 11 is 0. The van der Waals surface area contributed by atoms with Gasteiger partial charge in [-0.25, -0.2) is 9.97 Å². The summed E-state index contributed by atoms with van der Waals surface area (Å²) in [5.41, 5.74) is -1.31. The SMILES string of the molecule is O=C(c1ccc(Oc2nccn3c(-c4conc4C(F)(F)F)cnc23)cc1O)N1CCN(C(=O)[C@H]2CC[C@@H](O)C2)CC1. The maximum atomic E-state index is 13.3. The number of nitrogens with zero attached hydrogens (tertiary/aromatic N) is 6. The average Bonchev–Trinajstić information content (AvgIpc) is 3.72. The number of phenols is 1. The predicted octanol–water partition coefficient (Wildman–Crippen LogP) is 3.35. The zero-order valence-corrected chi connectivity index (χ0v) is 22.0. The van der Waals surface area contributed by atoms with Crippen molar-refractivity contribution in [3.63, 3.8) is 0 Å². The number of benzene rings is 1. The Bertz CT molecular complexity index is 1640. The Morgan fingerprint density at radius 3 is 2.52 bits per heavy atom. The minimum Gasteiger partial charge on any atom is -0.507 e. The van der Waals surface area contributed by atoms with Gasteiger partial charge in [-0.1, -0.05) is 5.16 Å². The van der Waals surface area contributed by atoms with Crippen molar-refractivity contribution in [1.82, 2.24) is 29.3 Å². The first-order chi connectivity index (χ1) is 20.1. The quantitative estimate of drug-likeness (QED) is 0.359. The molecule has 12 nitrogen and oxygen atoms in total. The summed E-state index contributed by atoms with van der Waals surface area (Å²) in [7, 11) is 0. The van der Waals surface area contributed by atoms with E-state index in [1.807, 2.05) is 0 Å². The Morgan fingerprint density at radius 1 is 1.07 bits per heavy atom. The first-order valence-electron chi connectivity index (χ1n) is 13.2. The molecular formula is C27H25F3N6O6. The fourth-order valence-corrected chi connectivity index (χ4v) is 5.40. The van der Waals surface area contributed by atoms with Crippen LogP contribution in [-0.4, -0.2) is 83.6 Å². The minimum absolute atomic E-state index is 0.00144. The third kappa shape index (κ3) is 5.11. The zero-order valence-electron chi connectivity index (χ0n) is 22.0. The first kappa shape index (κ1) is 27.5. The van der Waals surface area contributed by atoms with E-state index >= 15 is 0 Å². The van der Waals surface area contributed by atoms with Crippen molar-refractivity contribution in [2.45, 2.75) is 31.5 Å². The molecule has 2 atom stereocenters. The van der Waals surface area contributed by atoms with Crippen molar-refractivity contribution in [2.75, 3.05) is 26.2 Å². The van der Waals surface area contributed by atoms with Gasteiger partial charge in [0.2, 0.25) is 11.6 Å². The molecule has 2 aliphatic rings. The molecule has 1 saturated heterocycles. The van der Waals surface area contributed by atoms with Crippen molar-refractivity contribution >= 4 is 17.5 Å². The van der Waals surface area contributed by atoms with Gasteiger partial charge in [-0.3, -0.25) is 14.0 Å². The van der Waals surface area contributed by atoms with Crippen LogP contribution >= 0.6 is 0 Å². The van der Waals surface area contributed by atoms with Crippen LogP contribution < -0.4 is 4.74 Å². The molecule has 0 bridgehead atoms. The van der Waals surface area contributed by atoms with E-state index in [4.69, 9.17) is 4.74 Å². The number of piperazine rings is 1. The number of phenolic OH excluding ortho intramolecular Hbond substituents is 1. The van der Waals surface area contributed by atoms with Gasteiger partial charge in [0.15, 0.2) is 5.69 Å². The van der Waals surface area contributed by atoms with Gasteiger partial charge in [-0.15, -0.1) is 0 Å². The standard InChI is InChI=1S/C27H25F3N6O6/c28-27(29,30)22-19(14-41-33-22)20-13-32-23-24(31-5-6-36(20)23)42-17-3-4-18(21(38)12-17)26(40)35-9-7-34(8-10-35)25(39)15-1-2-16(37)11-15/h3-6,12-16,37-38H,1-2,7-11H2/t15-,16+/m0/s1. The third-order valence-electron chi connectivity index (χ3n) is 7.56. The Morgan fingerprint density at radius 2 is 1.83 bits per heavy atom. The van der Waals surface area contributed by atoms with Crippen LogP contribution in [-0.2, 0) is 11.0 Å². The number of aromatic nitrogens is 4. The molecule has 1 aliphatic heterocycles. The van der Waals surface area contributed by atoms with Crippen molar-refractivity contribution in [1.29, 1.82) is 0 Å². The fourth-order valence-electron chi connectivity index (χ4n) is 5.40. The lowest BCUT2D eigenvalue weighted by Crippen LogP contribution is -2.51. The van der Waals surface area contributed by atoms with Crippen molar-refractivity contribution in [3.05, 3.63) is 54.3 Å². The van der Waals surface area contributed by atoms with E-state index in [2.05, 4.69) is 19.6 Å². The number of amides is 2. The van der Waals surface area contributed by atoms with Gasteiger partial charge in [-0.05, 0) is 31.4 Å². The Kier molecular flexibility index (Phi) is 6.96.